The highest BCUT2D eigenvalue weighted by Crippen LogP contribution is 2.28. The van der Waals surface area contributed by atoms with Crippen LogP contribution < -0.4 is 11.3 Å². The number of amides is 1. The van der Waals surface area contributed by atoms with Gasteiger partial charge in [0.25, 0.3) is 5.56 Å². The number of hydrogen-bond donors (Lipinski definition) is 2. The summed E-state index contributed by atoms with van der Waals surface area (Å²) in [5, 5.41) is 15.8. The highest BCUT2D eigenvalue weighted by atomic mass is 16.3. The molecular formula is C30H36N6O3. The Bertz CT molecular complexity index is 1520. The first-order valence-corrected chi connectivity index (χ1v) is 13.5. The average molecular weight is 529 g/mol. The van der Waals surface area contributed by atoms with Gasteiger partial charge in [0.2, 0.25) is 5.91 Å². The van der Waals surface area contributed by atoms with E-state index in [4.69, 9.17) is 5.73 Å². The van der Waals surface area contributed by atoms with Crippen LogP contribution in [-0.2, 0) is 18.4 Å². The van der Waals surface area contributed by atoms with E-state index >= 15 is 0 Å². The number of nitrogens with zero attached hydrogens (tertiary/aromatic N) is 5. The van der Waals surface area contributed by atoms with Crippen molar-refractivity contribution in [2.24, 2.45) is 12.8 Å². The van der Waals surface area contributed by atoms with Crippen LogP contribution in [0.5, 0.6) is 0 Å². The summed E-state index contributed by atoms with van der Waals surface area (Å²) in [5.41, 5.74) is 9.17. The summed E-state index contributed by atoms with van der Waals surface area (Å²) in [4.78, 5) is 32.7. The summed E-state index contributed by atoms with van der Waals surface area (Å²) in [6, 6.07) is 17.8. The van der Waals surface area contributed by atoms with Crippen LogP contribution in [0.1, 0.15) is 56.2 Å². The van der Waals surface area contributed by atoms with Crippen molar-refractivity contribution >= 4 is 16.9 Å². The van der Waals surface area contributed by atoms with Crippen molar-refractivity contribution in [2.75, 3.05) is 13.1 Å². The van der Waals surface area contributed by atoms with Gasteiger partial charge < -0.3 is 15.7 Å². The summed E-state index contributed by atoms with van der Waals surface area (Å²) < 4.78 is 3.10. The first kappa shape index (κ1) is 26.8. The van der Waals surface area contributed by atoms with Gasteiger partial charge in [0.05, 0.1) is 24.2 Å². The molecule has 9 heteroatoms. The number of piperidine rings is 1. The minimum atomic E-state index is -1.10. The molecule has 4 aromatic rings. The number of carbonyl (C=O) groups excluding carboxylic acids is 1. The van der Waals surface area contributed by atoms with Gasteiger partial charge in [-0.2, -0.15) is 5.10 Å². The van der Waals surface area contributed by atoms with E-state index in [9.17, 15) is 14.7 Å². The molecule has 1 aliphatic heterocycles. The predicted octanol–water partition coefficient (Wildman–Crippen LogP) is 3.36. The molecule has 9 nitrogen and oxygen atoms in total. The Morgan fingerprint density at radius 1 is 1.03 bits per heavy atom. The van der Waals surface area contributed by atoms with Crippen molar-refractivity contribution in [3.63, 3.8) is 0 Å². The molecule has 5 rings (SSSR count). The van der Waals surface area contributed by atoms with Crippen LogP contribution in [0.3, 0.4) is 0 Å². The molecule has 2 atom stereocenters. The van der Waals surface area contributed by atoms with Crippen molar-refractivity contribution in [1.29, 1.82) is 0 Å². The van der Waals surface area contributed by atoms with Gasteiger partial charge in [-0.05, 0) is 36.8 Å². The third kappa shape index (κ3) is 5.51. The minimum absolute atomic E-state index is 0.0682. The number of aromatic nitrogens is 4. The van der Waals surface area contributed by atoms with E-state index in [1.807, 2.05) is 66.4 Å². The van der Waals surface area contributed by atoms with Gasteiger partial charge in [0, 0.05) is 38.2 Å². The van der Waals surface area contributed by atoms with E-state index in [0.29, 0.717) is 37.9 Å². The second-order valence-corrected chi connectivity index (χ2v) is 10.9. The Hall–Kier alpha value is -3.82. The summed E-state index contributed by atoms with van der Waals surface area (Å²) in [5.74, 6) is 0.213. The molecule has 0 bridgehead atoms. The molecule has 39 heavy (non-hydrogen) atoms. The van der Waals surface area contributed by atoms with E-state index in [1.54, 1.807) is 11.7 Å². The maximum Gasteiger partial charge on any atom is 0.281 e. The van der Waals surface area contributed by atoms with Crippen LogP contribution in [0.15, 0.2) is 65.7 Å². The highest BCUT2D eigenvalue weighted by molar-refractivity contribution is 5.89. The van der Waals surface area contributed by atoms with Gasteiger partial charge in [-0.3, -0.25) is 18.8 Å². The Labute approximate surface area is 227 Å². The third-order valence-electron chi connectivity index (χ3n) is 7.88. The fourth-order valence-electron chi connectivity index (χ4n) is 5.41. The average Bonchev–Trinajstić information content (AvgIpc) is 3.27. The standard InChI is InChI=1S/C30H36N6O3/c1-20(22-7-5-4-6-8-22)17-25(37)35-15-13-30(39,14-16-35)18-36-19-32-26-27(29(36)38)33-34(3)28(26)24-11-9-23(10-12-24)21(2)31/h4-12,19-21,39H,13-18,31H2,1-3H3/t20-,21-/m1/s1. The van der Waals surface area contributed by atoms with Crippen molar-refractivity contribution in [1.82, 2.24) is 24.2 Å². The SMILES string of the molecule is C[C@H](CC(=O)N1CCC(O)(Cn2cnc3c(-c4ccc([C@@H](C)N)cc4)n(C)nc3c2=O)CC1)c1ccccc1. The zero-order valence-corrected chi connectivity index (χ0v) is 22.7. The van der Waals surface area contributed by atoms with Crippen molar-refractivity contribution in [3.8, 4) is 11.3 Å². The van der Waals surface area contributed by atoms with Gasteiger partial charge in [-0.15, -0.1) is 0 Å². The summed E-state index contributed by atoms with van der Waals surface area (Å²) in [6.07, 6.45) is 2.70. The zero-order valence-electron chi connectivity index (χ0n) is 22.7. The quantitative estimate of drug-likeness (QED) is 0.380. The molecule has 2 aromatic heterocycles. The maximum atomic E-state index is 13.4. The number of benzene rings is 2. The van der Waals surface area contributed by atoms with Crippen molar-refractivity contribution in [2.45, 2.75) is 57.2 Å². The number of carbonyl (C=O) groups is 1. The number of aryl methyl sites for hydroxylation is 1. The normalized spacial score (nSPS) is 16.8. The Kier molecular flexibility index (Phi) is 7.38. The molecule has 0 radical (unpaired) electrons. The van der Waals surface area contributed by atoms with Crippen LogP contribution in [0.2, 0.25) is 0 Å². The first-order valence-electron chi connectivity index (χ1n) is 13.5. The highest BCUT2D eigenvalue weighted by Gasteiger charge is 2.35. The lowest BCUT2D eigenvalue weighted by Crippen LogP contribution is -2.49. The maximum absolute atomic E-state index is 13.4. The lowest BCUT2D eigenvalue weighted by molar-refractivity contribution is -0.136. The second kappa shape index (κ2) is 10.7. The third-order valence-corrected chi connectivity index (χ3v) is 7.88. The Morgan fingerprint density at radius 3 is 2.33 bits per heavy atom. The van der Waals surface area contributed by atoms with Crippen LogP contribution in [0.4, 0.5) is 0 Å². The number of likely N-dealkylation sites (tertiary alicyclic amines) is 1. The molecule has 0 aliphatic carbocycles. The number of fused-ring (bicyclic) bond motifs is 1. The molecule has 2 aromatic carbocycles. The van der Waals surface area contributed by atoms with E-state index in [-0.39, 0.29) is 35.5 Å². The van der Waals surface area contributed by atoms with Gasteiger partial charge >= 0.3 is 0 Å². The number of rotatable bonds is 7. The molecule has 3 heterocycles. The van der Waals surface area contributed by atoms with Gasteiger partial charge in [-0.25, -0.2) is 4.98 Å². The molecule has 3 N–H and O–H groups in total. The molecular weight excluding hydrogens is 492 g/mol. The van der Waals surface area contributed by atoms with Crippen LogP contribution in [0, 0.1) is 0 Å². The lowest BCUT2D eigenvalue weighted by Gasteiger charge is -2.38. The molecule has 1 saturated heterocycles. The first-order chi connectivity index (χ1) is 18.6. The van der Waals surface area contributed by atoms with Crippen molar-refractivity contribution < 1.29 is 9.90 Å². The molecule has 204 valence electrons. The number of aliphatic hydroxyl groups is 1. The lowest BCUT2D eigenvalue weighted by atomic mass is 9.90. The van der Waals surface area contributed by atoms with E-state index in [2.05, 4.69) is 17.0 Å². The molecule has 0 saturated carbocycles. The zero-order chi connectivity index (χ0) is 27.7. The summed E-state index contributed by atoms with van der Waals surface area (Å²) >= 11 is 0. The van der Waals surface area contributed by atoms with Crippen LogP contribution in [-0.4, -0.2) is 53.9 Å². The molecule has 0 unspecified atom stereocenters. The van der Waals surface area contributed by atoms with Crippen LogP contribution in [0.25, 0.3) is 22.3 Å². The molecule has 1 fully saturated rings. The largest absolute Gasteiger partial charge is 0.388 e. The Morgan fingerprint density at radius 2 is 1.69 bits per heavy atom. The monoisotopic (exact) mass is 528 g/mol. The number of hydrogen-bond acceptors (Lipinski definition) is 6. The summed E-state index contributed by atoms with van der Waals surface area (Å²) in [7, 11) is 1.79. The fraction of sp³-hybridized carbons (Fsp3) is 0.400. The minimum Gasteiger partial charge on any atom is -0.388 e. The van der Waals surface area contributed by atoms with E-state index in [1.165, 1.54) is 10.9 Å². The van der Waals surface area contributed by atoms with Gasteiger partial charge in [-0.1, -0.05) is 61.5 Å². The predicted molar refractivity (Wildman–Crippen MR) is 151 cm³/mol. The topological polar surface area (TPSA) is 119 Å². The van der Waals surface area contributed by atoms with Crippen LogP contribution >= 0.6 is 0 Å². The Balaban J connectivity index is 1.28. The van der Waals surface area contributed by atoms with E-state index in [0.717, 1.165) is 22.4 Å². The molecule has 0 spiro atoms. The summed E-state index contributed by atoms with van der Waals surface area (Å²) in [6.45, 7) is 4.99. The fourth-order valence-corrected chi connectivity index (χ4v) is 5.41. The second-order valence-electron chi connectivity index (χ2n) is 10.9. The van der Waals surface area contributed by atoms with Crippen molar-refractivity contribution in [3.05, 3.63) is 82.4 Å². The van der Waals surface area contributed by atoms with Gasteiger partial charge in [0.15, 0.2) is 5.52 Å². The van der Waals surface area contributed by atoms with E-state index < -0.39 is 5.60 Å². The van der Waals surface area contributed by atoms with Gasteiger partial charge in [0.1, 0.15) is 5.52 Å². The number of nitrogens with two attached hydrogens (primary N) is 1. The molecule has 1 amide bonds. The smallest absolute Gasteiger partial charge is 0.281 e. The molecule has 1 aliphatic rings.